The molecule has 1 heterocycles. The van der Waals surface area contributed by atoms with Crippen molar-refractivity contribution in [3.05, 3.63) is 11.7 Å². The minimum atomic E-state index is 0.461. The summed E-state index contributed by atoms with van der Waals surface area (Å²) in [4.78, 5) is 4.49. The highest BCUT2D eigenvalue weighted by Crippen LogP contribution is 2.09. The van der Waals surface area contributed by atoms with Crippen molar-refractivity contribution in [3.63, 3.8) is 0 Å². The second-order valence-corrected chi connectivity index (χ2v) is 5.68. The molecule has 0 radical (unpaired) electrons. The molecular weight excluding hydrogens is 238 g/mol. The third-order valence-corrected chi connectivity index (χ3v) is 3.20. The van der Waals surface area contributed by atoms with Crippen LogP contribution in [0.2, 0.25) is 0 Å². The Labute approximate surface area is 117 Å². The Morgan fingerprint density at radius 1 is 1.16 bits per heavy atom. The third kappa shape index (κ3) is 6.71. The highest BCUT2D eigenvalue weighted by atomic mass is 16.5. The van der Waals surface area contributed by atoms with Gasteiger partial charge in [0.25, 0.3) is 0 Å². The van der Waals surface area contributed by atoms with Gasteiger partial charge in [0.2, 0.25) is 5.89 Å². The van der Waals surface area contributed by atoms with Gasteiger partial charge in [0.15, 0.2) is 5.82 Å². The van der Waals surface area contributed by atoms with Crippen LogP contribution in [0.25, 0.3) is 0 Å². The van der Waals surface area contributed by atoms with Crippen molar-refractivity contribution >= 4 is 0 Å². The van der Waals surface area contributed by atoms with Crippen LogP contribution in [-0.4, -0.2) is 22.7 Å². The molecule has 0 amide bonds. The number of hydrogen-bond donors (Lipinski definition) is 1. The molecule has 4 nitrogen and oxygen atoms in total. The lowest BCUT2D eigenvalue weighted by molar-refractivity contribution is 0.346. The molecule has 0 aliphatic rings. The largest absolute Gasteiger partial charge is 0.339 e. The van der Waals surface area contributed by atoms with E-state index in [-0.39, 0.29) is 0 Å². The first-order valence-electron chi connectivity index (χ1n) is 7.70. The van der Waals surface area contributed by atoms with E-state index >= 15 is 0 Å². The van der Waals surface area contributed by atoms with Gasteiger partial charge in [-0.05, 0) is 31.7 Å². The number of nitrogens with zero attached hydrogens (tertiary/aromatic N) is 2. The lowest BCUT2D eigenvalue weighted by atomic mass is 10.1. The van der Waals surface area contributed by atoms with Crippen molar-refractivity contribution in [2.75, 3.05) is 6.54 Å². The lowest BCUT2D eigenvalue weighted by Crippen LogP contribution is -2.31. The molecule has 19 heavy (non-hydrogen) atoms. The number of hydrogen-bond acceptors (Lipinski definition) is 4. The fraction of sp³-hybridized carbons (Fsp3) is 0.867. The zero-order valence-electron chi connectivity index (χ0n) is 12.9. The van der Waals surface area contributed by atoms with E-state index in [1.807, 2.05) is 0 Å². The molecule has 110 valence electrons. The fourth-order valence-electron chi connectivity index (χ4n) is 2.08. The molecule has 1 atom stereocenters. The van der Waals surface area contributed by atoms with E-state index < -0.39 is 0 Å². The van der Waals surface area contributed by atoms with E-state index in [1.165, 1.54) is 6.42 Å². The molecule has 0 bridgehead atoms. The molecule has 1 rings (SSSR count). The monoisotopic (exact) mass is 267 g/mol. The van der Waals surface area contributed by atoms with Gasteiger partial charge in [-0.15, -0.1) is 0 Å². The average molecular weight is 267 g/mol. The average Bonchev–Trinajstić information content (AvgIpc) is 2.81. The van der Waals surface area contributed by atoms with E-state index in [0.717, 1.165) is 50.4 Å². The van der Waals surface area contributed by atoms with Crippen LogP contribution in [0.1, 0.15) is 65.1 Å². The molecule has 4 heteroatoms. The van der Waals surface area contributed by atoms with Gasteiger partial charge in [-0.1, -0.05) is 39.3 Å². The molecule has 0 saturated carbocycles. The van der Waals surface area contributed by atoms with E-state index in [4.69, 9.17) is 4.52 Å². The Hall–Kier alpha value is -0.900. The Morgan fingerprint density at radius 3 is 2.58 bits per heavy atom. The van der Waals surface area contributed by atoms with E-state index in [9.17, 15) is 0 Å². The summed E-state index contributed by atoms with van der Waals surface area (Å²) in [5.74, 6) is 2.32. The summed E-state index contributed by atoms with van der Waals surface area (Å²) in [5, 5.41) is 7.62. The van der Waals surface area contributed by atoms with Crippen LogP contribution in [-0.2, 0) is 12.8 Å². The number of nitrogens with one attached hydrogen (secondary N) is 1. The highest BCUT2D eigenvalue weighted by molar-refractivity contribution is 4.90. The summed E-state index contributed by atoms with van der Waals surface area (Å²) in [7, 11) is 0. The maximum absolute atomic E-state index is 5.35. The first-order chi connectivity index (χ1) is 9.15. The molecule has 0 aliphatic heterocycles. The summed E-state index contributed by atoms with van der Waals surface area (Å²) in [6, 6.07) is 0.461. The zero-order valence-corrected chi connectivity index (χ0v) is 12.9. The molecule has 0 aliphatic carbocycles. The Kier molecular flexibility index (Phi) is 7.72. The summed E-state index contributed by atoms with van der Waals surface area (Å²) in [6.45, 7) is 9.88. The van der Waals surface area contributed by atoms with Gasteiger partial charge in [0, 0.05) is 18.9 Å². The first kappa shape index (κ1) is 16.2. The molecule has 1 aromatic heterocycles. The molecule has 1 unspecified atom stereocenters. The quantitative estimate of drug-likeness (QED) is 0.706. The van der Waals surface area contributed by atoms with Crippen LogP contribution in [0.5, 0.6) is 0 Å². The highest BCUT2D eigenvalue weighted by Gasteiger charge is 2.13. The molecule has 1 N–H and O–H groups in total. The van der Waals surface area contributed by atoms with Crippen LogP contribution in [0.4, 0.5) is 0 Å². The zero-order chi connectivity index (χ0) is 14.1. The predicted molar refractivity (Wildman–Crippen MR) is 78.2 cm³/mol. The summed E-state index contributed by atoms with van der Waals surface area (Å²) >= 11 is 0. The van der Waals surface area contributed by atoms with Gasteiger partial charge < -0.3 is 9.84 Å². The van der Waals surface area contributed by atoms with Gasteiger partial charge in [-0.3, -0.25) is 0 Å². The molecule has 1 aromatic rings. The summed E-state index contributed by atoms with van der Waals surface area (Å²) in [5.41, 5.74) is 0. The minimum Gasteiger partial charge on any atom is -0.339 e. The normalized spacial score (nSPS) is 13.1. The van der Waals surface area contributed by atoms with Gasteiger partial charge >= 0.3 is 0 Å². The van der Waals surface area contributed by atoms with Crippen LogP contribution < -0.4 is 5.32 Å². The third-order valence-electron chi connectivity index (χ3n) is 3.20. The SMILES string of the molecule is CCCNC(CCC)Cc1nc(CCC(C)C)no1. The van der Waals surface area contributed by atoms with Crippen LogP contribution in [0.3, 0.4) is 0 Å². The second-order valence-electron chi connectivity index (χ2n) is 5.68. The maximum atomic E-state index is 5.35. The summed E-state index contributed by atoms with van der Waals surface area (Å²) in [6.07, 6.45) is 6.37. The Balaban J connectivity index is 2.44. The Bertz CT molecular complexity index is 336. The van der Waals surface area contributed by atoms with E-state index in [2.05, 4.69) is 43.2 Å². The second kappa shape index (κ2) is 9.08. The van der Waals surface area contributed by atoms with Crippen molar-refractivity contribution in [3.8, 4) is 0 Å². The lowest BCUT2D eigenvalue weighted by Gasteiger charge is -2.15. The molecule has 0 fully saturated rings. The maximum Gasteiger partial charge on any atom is 0.228 e. The fourth-order valence-corrected chi connectivity index (χ4v) is 2.08. The van der Waals surface area contributed by atoms with Crippen LogP contribution >= 0.6 is 0 Å². The van der Waals surface area contributed by atoms with Gasteiger partial charge in [-0.25, -0.2) is 0 Å². The first-order valence-corrected chi connectivity index (χ1v) is 7.70. The molecule has 0 spiro atoms. The van der Waals surface area contributed by atoms with E-state index in [1.54, 1.807) is 0 Å². The van der Waals surface area contributed by atoms with Crippen LogP contribution in [0, 0.1) is 5.92 Å². The smallest absolute Gasteiger partial charge is 0.228 e. The van der Waals surface area contributed by atoms with Crippen molar-refractivity contribution in [2.45, 2.75) is 72.3 Å². The molecule has 0 saturated heterocycles. The Morgan fingerprint density at radius 2 is 1.95 bits per heavy atom. The standard InChI is InChI=1S/C15H29N3O/c1-5-7-13(16-10-6-2)11-15-17-14(18-19-15)9-8-12(3)4/h12-13,16H,5-11H2,1-4H3. The van der Waals surface area contributed by atoms with Crippen molar-refractivity contribution in [1.29, 1.82) is 0 Å². The number of aryl methyl sites for hydroxylation is 1. The van der Waals surface area contributed by atoms with E-state index in [0.29, 0.717) is 12.0 Å². The van der Waals surface area contributed by atoms with Crippen molar-refractivity contribution in [2.24, 2.45) is 5.92 Å². The topological polar surface area (TPSA) is 51.0 Å². The van der Waals surface area contributed by atoms with Crippen molar-refractivity contribution in [1.82, 2.24) is 15.5 Å². The molecule has 0 aromatic carbocycles. The number of rotatable bonds is 10. The van der Waals surface area contributed by atoms with Gasteiger partial charge in [0.05, 0.1) is 0 Å². The van der Waals surface area contributed by atoms with Crippen molar-refractivity contribution < 1.29 is 4.52 Å². The van der Waals surface area contributed by atoms with Gasteiger partial charge in [-0.2, -0.15) is 4.98 Å². The van der Waals surface area contributed by atoms with Crippen LogP contribution in [0.15, 0.2) is 4.52 Å². The summed E-state index contributed by atoms with van der Waals surface area (Å²) < 4.78 is 5.35. The number of aromatic nitrogens is 2. The van der Waals surface area contributed by atoms with Gasteiger partial charge in [0.1, 0.15) is 0 Å². The molecular formula is C15H29N3O. The predicted octanol–water partition coefficient (Wildman–Crippen LogP) is 3.37. The minimum absolute atomic E-state index is 0.461.